The lowest BCUT2D eigenvalue weighted by Gasteiger charge is -2.26. The Bertz CT molecular complexity index is 1380. The van der Waals surface area contributed by atoms with Crippen molar-refractivity contribution in [2.45, 2.75) is 13.0 Å². The maximum atomic E-state index is 13.4. The van der Waals surface area contributed by atoms with Crippen LogP contribution in [0, 0.1) is 0 Å². The second-order valence-corrected chi connectivity index (χ2v) is 8.24. The molecular weight excluding hydrogens is 476 g/mol. The molecule has 0 saturated carbocycles. The second kappa shape index (κ2) is 10.4. The number of aliphatic hydroxyl groups excluding tert-OH is 1. The van der Waals surface area contributed by atoms with Gasteiger partial charge in [0.25, 0.3) is 11.7 Å². The van der Waals surface area contributed by atoms with Crippen LogP contribution < -0.4 is 24.4 Å². The van der Waals surface area contributed by atoms with Crippen LogP contribution in [0.4, 0.5) is 11.4 Å². The maximum absolute atomic E-state index is 13.4. The molecule has 1 saturated heterocycles. The lowest BCUT2D eigenvalue weighted by molar-refractivity contribution is -0.132. The fraction of sp³-hybridized carbons (Fsp3) is 0.179. The third-order valence-corrected chi connectivity index (χ3v) is 6.01. The fourth-order valence-electron chi connectivity index (χ4n) is 4.25. The highest BCUT2D eigenvalue weighted by Crippen LogP contribution is 2.44. The van der Waals surface area contributed by atoms with Gasteiger partial charge in [-0.05, 0) is 54.1 Å². The van der Waals surface area contributed by atoms with Gasteiger partial charge in [0.15, 0.2) is 0 Å². The molecule has 9 nitrogen and oxygen atoms in total. The molecular formula is C28H26N2O7. The average Bonchev–Trinajstić information content (AvgIpc) is 3.18. The van der Waals surface area contributed by atoms with Gasteiger partial charge in [0.05, 0.1) is 38.5 Å². The van der Waals surface area contributed by atoms with Crippen molar-refractivity contribution in [1.82, 2.24) is 0 Å². The zero-order chi connectivity index (χ0) is 26.7. The summed E-state index contributed by atoms with van der Waals surface area (Å²) in [5, 5.41) is 14.1. The summed E-state index contributed by atoms with van der Waals surface area (Å²) in [6, 6.07) is 17.2. The Morgan fingerprint density at radius 1 is 0.865 bits per heavy atom. The molecule has 1 aliphatic rings. The summed E-state index contributed by atoms with van der Waals surface area (Å²) in [4.78, 5) is 39.5. The van der Waals surface area contributed by atoms with Gasteiger partial charge >= 0.3 is 0 Å². The lowest BCUT2D eigenvalue weighted by Crippen LogP contribution is -2.29. The highest BCUT2D eigenvalue weighted by Gasteiger charge is 2.47. The predicted octanol–water partition coefficient (Wildman–Crippen LogP) is 4.30. The van der Waals surface area contributed by atoms with Crippen LogP contribution in [0.15, 0.2) is 72.3 Å². The minimum absolute atomic E-state index is 0.0930. The van der Waals surface area contributed by atoms with E-state index < -0.39 is 17.7 Å². The molecule has 1 fully saturated rings. The summed E-state index contributed by atoms with van der Waals surface area (Å²) in [5.41, 5.74) is 1.68. The van der Waals surface area contributed by atoms with Crippen molar-refractivity contribution >= 4 is 34.7 Å². The monoisotopic (exact) mass is 502 g/mol. The van der Waals surface area contributed by atoms with E-state index in [4.69, 9.17) is 14.2 Å². The topological polar surface area (TPSA) is 114 Å². The molecule has 0 aliphatic carbocycles. The van der Waals surface area contributed by atoms with Crippen molar-refractivity contribution in [3.8, 4) is 17.2 Å². The Balaban J connectivity index is 1.90. The molecule has 9 heteroatoms. The van der Waals surface area contributed by atoms with Gasteiger partial charge in [-0.1, -0.05) is 12.1 Å². The maximum Gasteiger partial charge on any atom is 0.300 e. The molecule has 0 aromatic heterocycles. The van der Waals surface area contributed by atoms with E-state index in [1.54, 1.807) is 66.7 Å². The minimum atomic E-state index is -0.940. The van der Waals surface area contributed by atoms with E-state index in [1.807, 2.05) is 0 Å². The smallest absolute Gasteiger partial charge is 0.300 e. The first-order valence-electron chi connectivity index (χ1n) is 11.3. The fourth-order valence-corrected chi connectivity index (χ4v) is 4.25. The van der Waals surface area contributed by atoms with Crippen molar-refractivity contribution in [2.24, 2.45) is 0 Å². The van der Waals surface area contributed by atoms with Gasteiger partial charge in [-0.3, -0.25) is 19.3 Å². The van der Waals surface area contributed by atoms with Gasteiger partial charge in [-0.25, -0.2) is 0 Å². The highest BCUT2D eigenvalue weighted by atomic mass is 16.5. The lowest BCUT2D eigenvalue weighted by atomic mass is 9.94. The van der Waals surface area contributed by atoms with Crippen LogP contribution in [0.25, 0.3) is 5.76 Å². The van der Waals surface area contributed by atoms with Crippen LogP contribution in [-0.4, -0.2) is 44.0 Å². The number of ketones is 1. The number of nitrogens with zero attached hydrogens (tertiary/aromatic N) is 1. The van der Waals surface area contributed by atoms with Crippen LogP contribution in [0.5, 0.6) is 17.2 Å². The second-order valence-electron chi connectivity index (χ2n) is 8.24. The third-order valence-electron chi connectivity index (χ3n) is 6.01. The molecule has 3 aromatic rings. The van der Waals surface area contributed by atoms with Crippen LogP contribution in [0.2, 0.25) is 0 Å². The molecule has 1 atom stereocenters. The van der Waals surface area contributed by atoms with Crippen molar-refractivity contribution in [3.63, 3.8) is 0 Å². The van der Waals surface area contributed by atoms with Gasteiger partial charge in [0.1, 0.15) is 23.0 Å². The molecule has 0 radical (unpaired) electrons. The summed E-state index contributed by atoms with van der Waals surface area (Å²) in [5.74, 6) is -0.895. The summed E-state index contributed by atoms with van der Waals surface area (Å²) in [6.45, 7) is 1.39. The van der Waals surface area contributed by atoms with Crippen LogP contribution in [0.1, 0.15) is 24.1 Å². The molecule has 4 rings (SSSR count). The predicted molar refractivity (Wildman–Crippen MR) is 138 cm³/mol. The summed E-state index contributed by atoms with van der Waals surface area (Å²) >= 11 is 0. The minimum Gasteiger partial charge on any atom is -0.507 e. The van der Waals surface area contributed by atoms with E-state index in [9.17, 15) is 19.5 Å². The van der Waals surface area contributed by atoms with Gasteiger partial charge in [0.2, 0.25) is 5.91 Å². The standard InChI is InChI=1S/C28H26N2O7/c1-16(31)29-18-7-9-19(10-8-18)30-25(17-5-11-20(35-2)12-6-17)24(27(33)28(30)34)26(32)22-14-13-21(36-3)15-23(22)37-4/h5-15,25,32H,1-4H3,(H,29,31)/b26-24-. The Morgan fingerprint density at radius 2 is 1.49 bits per heavy atom. The molecule has 190 valence electrons. The first kappa shape index (κ1) is 25.3. The Hall–Kier alpha value is -4.79. The first-order valence-corrected chi connectivity index (χ1v) is 11.3. The number of hydrogen-bond acceptors (Lipinski definition) is 7. The number of Topliss-reactive ketones (excluding diaryl/α,β-unsaturated/α-hetero) is 1. The molecule has 0 bridgehead atoms. The van der Waals surface area contributed by atoms with Crippen LogP contribution in [0.3, 0.4) is 0 Å². The molecule has 3 aromatic carbocycles. The van der Waals surface area contributed by atoms with Gasteiger partial charge in [0, 0.05) is 24.4 Å². The summed E-state index contributed by atoms with van der Waals surface area (Å²) < 4.78 is 15.9. The van der Waals surface area contributed by atoms with E-state index in [0.717, 1.165) is 0 Å². The normalized spacial score (nSPS) is 16.4. The van der Waals surface area contributed by atoms with Gasteiger partial charge in [-0.2, -0.15) is 0 Å². The SMILES string of the molecule is COc1ccc(C2/C(=C(/O)c3ccc(OC)cc3OC)C(=O)C(=O)N2c2ccc(NC(C)=O)cc2)cc1. The van der Waals surface area contributed by atoms with Gasteiger partial charge in [-0.15, -0.1) is 0 Å². The Kier molecular flexibility index (Phi) is 7.15. The quantitative estimate of drug-likeness (QED) is 0.281. The molecule has 1 unspecified atom stereocenters. The van der Waals surface area contributed by atoms with E-state index in [-0.39, 0.29) is 28.6 Å². The summed E-state index contributed by atoms with van der Waals surface area (Å²) in [7, 11) is 4.47. The highest BCUT2D eigenvalue weighted by molar-refractivity contribution is 6.51. The number of methoxy groups -OCH3 is 3. The number of hydrogen-bond donors (Lipinski definition) is 2. The van der Waals surface area contributed by atoms with Crippen molar-refractivity contribution in [3.05, 3.63) is 83.4 Å². The van der Waals surface area contributed by atoms with E-state index in [1.165, 1.54) is 33.2 Å². The van der Waals surface area contributed by atoms with Crippen LogP contribution in [-0.2, 0) is 14.4 Å². The number of aliphatic hydroxyl groups is 1. The van der Waals surface area contributed by atoms with Crippen molar-refractivity contribution in [2.75, 3.05) is 31.5 Å². The number of benzene rings is 3. The van der Waals surface area contributed by atoms with E-state index in [2.05, 4.69) is 5.32 Å². The number of rotatable bonds is 7. The Morgan fingerprint density at radius 3 is 2.05 bits per heavy atom. The van der Waals surface area contributed by atoms with Crippen molar-refractivity contribution < 1.29 is 33.7 Å². The number of anilines is 2. The Labute approximate surface area is 213 Å². The average molecular weight is 503 g/mol. The number of amides is 2. The largest absolute Gasteiger partial charge is 0.507 e. The molecule has 37 heavy (non-hydrogen) atoms. The van der Waals surface area contributed by atoms with Gasteiger partial charge < -0.3 is 24.6 Å². The number of nitrogens with one attached hydrogen (secondary N) is 1. The molecule has 1 aliphatic heterocycles. The molecule has 0 spiro atoms. The van der Waals surface area contributed by atoms with E-state index >= 15 is 0 Å². The zero-order valence-corrected chi connectivity index (χ0v) is 20.8. The third kappa shape index (κ3) is 4.84. The molecule has 1 heterocycles. The number of ether oxygens (including phenoxy) is 3. The number of carbonyl (C=O) groups excluding carboxylic acids is 3. The van der Waals surface area contributed by atoms with Crippen molar-refractivity contribution in [1.29, 1.82) is 0 Å². The molecule has 2 amide bonds. The van der Waals surface area contributed by atoms with E-state index in [0.29, 0.717) is 28.4 Å². The van der Waals surface area contributed by atoms with Crippen LogP contribution >= 0.6 is 0 Å². The molecule has 2 N–H and O–H groups in total. The first-order chi connectivity index (χ1) is 17.8. The summed E-state index contributed by atoms with van der Waals surface area (Å²) in [6.07, 6.45) is 0. The number of carbonyl (C=O) groups is 3. The zero-order valence-electron chi connectivity index (χ0n) is 20.8.